The van der Waals surface area contributed by atoms with Crippen molar-refractivity contribution in [2.24, 2.45) is 10.7 Å². The van der Waals surface area contributed by atoms with Gasteiger partial charge >= 0.3 is 11.9 Å². The van der Waals surface area contributed by atoms with Crippen LogP contribution in [0, 0.1) is 0 Å². The van der Waals surface area contributed by atoms with Gasteiger partial charge in [-0.3, -0.25) is 4.79 Å². The van der Waals surface area contributed by atoms with E-state index in [1.54, 1.807) is 30.3 Å². The summed E-state index contributed by atoms with van der Waals surface area (Å²) in [5.74, 6) is -1.43. The Kier molecular flexibility index (Phi) is 3.43. The molecular weight excluding hydrogens is 260 g/mol. The van der Waals surface area contributed by atoms with E-state index >= 15 is 0 Å². The lowest BCUT2D eigenvalue weighted by Gasteiger charge is -2.17. The number of aliphatic imine (C=N–C) groups is 1. The third kappa shape index (κ3) is 2.20. The van der Waals surface area contributed by atoms with E-state index in [2.05, 4.69) is 4.99 Å². The second-order valence-electron chi connectivity index (χ2n) is 4.22. The number of carbonyl (C=O) groups excluding carboxylic acids is 3. The zero-order valence-electron chi connectivity index (χ0n) is 11.0. The molecule has 1 aliphatic heterocycles. The third-order valence-electron chi connectivity index (χ3n) is 2.92. The SMILES string of the molecule is CN1C(=O)C(=NC(=O)c2ccccc2)C(N)=[N+](C)C1=O. The molecule has 7 nitrogen and oxygen atoms in total. The Labute approximate surface area is 115 Å². The van der Waals surface area contributed by atoms with Crippen LogP contribution in [0.3, 0.4) is 0 Å². The molecule has 2 N–H and O–H groups in total. The molecule has 0 aromatic heterocycles. The van der Waals surface area contributed by atoms with Gasteiger partial charge in [-0.25, -0.2) is 9.59 Å². The number of rotatable bonds is 1. The molecule has 1 heterocycles. The van der Waals surface area contributed by atoms with Crippen LogP contribution in [0.25, 0.3) is 0 Å². The highest BCUT2D eigenvalue weighted by Crippen LogP contribution is 2.05. The van der Waals surface area contributed by atoms with Crippen molar-refractivity contribution in [3.8, 4) is 0 Å². The van der Waals surface area contributed by atoms with Gasteiger partial charge in [0.2, 0.25) is 5.71 Å². The van der Waals surface area contributed by atoms with Crippen molar-refractivity contribution in [2.75, 3.05) is 14.1 Å². The van der Waals surface area contributed by atoms with E-state index in [0.29, 0.717) is 5.56 Å². The van der Waals surface area contributed by atoms with Crippen molar-refractivity contribution in [1.82, 2.24) is 4.90 Å². The first kappa shape index (κ1) is 13.6. The van der Waals surface area contributed by atoms with Gasteiger partial charge in [-0.05, 0) is 12.1 Å². The number of benzene rings is 1. The normalized spacial score (nSPS) is 17.9. The summed E-state index contributed by atoms with van der Waals surface area (Å²) in [6.07, 6.45) is 0. The Bertz CT molecular complexity index is 661. The summed E-state index contributed by atoms with van der Waals surface area (Å²) in [6.45, 7) is 0. The van der Waals surface area contributed by atoms with E-state index in [1.165, 1.54) is 14.1 Å². The topological polar surface area (TPSA) is 95.8 Å². The highest BCUT2D eigenvalue weighted by Gasteiger charge is 2.39. The lowest BCUT2D eigenvalue weighted by Crippen LogP contribution is -2.55. The van der Waals surface area contributed by atoms with Crippen molar-refractivity contribution in [3.05, 3.63) is 35.9 Å². The molecule has 20 heavy (non-hydrogen) atoms. The molecule has 0 radical (unpaired) electrons. The molecule has 0 aliphatic carbocycles. The Morgan fingerprint density at radius 3 is 2.45 bits per heavy atom. The van der Waals surface area contributed by atoms with E-state index in [1.807, 2.05) is 0 Å². The molecule has 1 aromatic rings. The summed E-state index contributed by atoms with van der Waals surface area (Å²) in [6, 6.07) is 7.72. The van der Waals surface area contributed by atoms with Crippen molar-refractivity contribution in [2.45, 2.75) is 0 Å². The van der Waals surface area contributed by atoms with Crippen molar-refractivity contribution >= 4 is 29.4 Å². The van der Waals surface area contributed by atoms with Gasteiger partial charge in [0.1, 0.15) is 0 Å². The lowest BCUT2D eigenvalue weighted by atomic mass is 10.2. The number of hydrogen-bond acceptors (Lipinski definition) is 4. The zero-order valence-corrected chi connectivity index (χ0v) is 11.0. The first-order chi connectivity index (χ1) is 9.43. The van der Waals surface area contributed by atoms with Gasteiger partial charge in [0.15, 0.2) is 0 Å². The van der Waals surface area contributed by atoms with Gasteiger partial charge in [0.05, 0.1) is 14.1 Å². The average Bonchev–Trinajstić information content (AvgIpc) is 2.48. The van der Waals surface area contributed by atoms with E-state index in [-0.39, 0.29) is 11.5 Å². The van der Waals surface area contributed by atoms with E-state index in [0.717, 1.165) is 9.48 Å². The summed E-state index contributed by atoms with van der Waals surface area (Å²) in [7, 11) is 2.71. The van der Waals surface area contributed by atoms with Crippen LogP contribution < -0.4 is 5.73 Å². The van der Waals surface area contributed by atoms with E-state index in [4.69, 9.17) is 5.73 Å². The largest absolute Gasteiger partial charge is 0.445 e. The maximum Gasteiger partial charge on any atom is 0.445 e. The van der Waals surface area contributed by atoms with Gasteiger partial charge in [-0.15, -0.1) is 0 Å². The van der Waals surface area contributed by atoms with Crippen molar-refractivity contribution in [1.29, 1.82) is 0 Å². The van der Waals surface area contributed by atoms with Crippen LogP contribution in [0.4, 0.5) is 4.79 Å². The number of hydrogen-bond donors (Lipinski definition) is 1. The first-order valence-corrected chi connectivity index (χ1v) is 5.80. The molecule has 0 unspecified atom stereocenters. The molecule has 7 heteroatoms. The summed E-state index contributed by atoms with van der Waals surface area (Å²) in [5.41, 5.74) is 5.79. The standard InChI is InChI=1S/C13H12N4O3/c1-16-10(14)9(12(19)17(2)13(16)20)15-11(18)8-6-4-3-5-7-8/h3-7,14H,1-2H3/p+1. The molecule has 102 valence electrons. The van der Waals surface area contributed by atoms with Crippen LogP contribution in [0.1, 0.15) is 10.4 Å². The molecular formula is C13H13N4O3+. The molecule has 1 aromatic carbocycles. The second-order valence-corrected chi connectivity index (χ2v) is 4.22. The predicted octanol–water partition coefficient (Wildman–Crippen LogP) is -0.141. The van der Waals surface area contributed by atoms with Crippen molar-refractivity contribution < 1.29 is 19.0 Å². The highest BCUT2D eigenvalue weighted by atomic mass is 16.2. The van der Waals surface area contributed by atoms with Crippen LogP contribution in [-0.4, -0.2) is 53.0 Å². The van der Waals surface area contributed by atoms with Crippen LogP contribution in [-0.2, 0) is 4.79 Å². The Morgan fingerprint density at radius 2 is 1.85 bits per heavy atom. The number of urea groups is 1. The summed E-state index contributed by atoms with van der Waals surface area (Å²) >= 11 is 0. The van der Waals surface area contributed by atoms with Gasteiger partial charge in [0.25, 0.3) is 11.7 Å². The fourth-order valence-electron chi connectivity index (χ4n) is 1.69. The number of amides is 4. The molecule has 0 atom stereocenters. The predicted molar refractivity (Wildman–Crippen MR) is 71.8 cm³/mol. The van der Waals surface area contributed by atoms with Gasteiger partial charge in [-0.1, -0.05) is 18.2 Å². The first-order valence-electron chi connectivity index (χ1n) is 5.80. The fraction of sp³-hybridized carbons (Fsp3) is 0.154. The maximum atomic E-state index is 12.0. The molecule has 2 rings (SSSR count). The Morgan fingerprint density at radius 1 is 1.25 bits per heavy atom. The van der Waals surface area contributed by atoms with Crippen LogP contribution in [0.2, 0.25) is 0 Å². The minimum atomic E-state index is -0.699. The van der Waals surface area contributed by atoms with Gasteiger partial charge < -0.3 is 5.73 Å². The smallest absolute Gasteiger partial charge is 0.316 e. The number of amidine groups is 1. The number of carbonyl (C=O) groups is 3. The molecule has 0 saturated heterocycles. The van der Waals surface area contributed by atoms with Crippen LogP contribution in [0.5, 0.6) is 0 Å². The van der Waals surface area contributed by atoms with E-state index in [9.17, 15) is 14.4 Å². The minimum absolute atomic E-state index is 0.137. The molecule has 4 amide bonds. The molecule has 0 fully saturated rings. The van der Waals surface area contributed by atoms with Crippen LogP contribution in [0.15, 0.2) is 35.3 Å². The monoisotopic (exact) mass is 273 g/mol. The van der Waals surface area contributed by atoms with E-state index < -0.39 is 17.8 Å². The Balaban J connectivity index is 2.46. The molecule has 1 aliphatic rings. The number of nitrogens with two attached hydrogens (primary N) is 1. The Hall–Kier alpha value is -2.83. The van der Waals surface area contributed by atoms with Gasteiger partial charge in [-0.2, -0.15) is 14.5 Å². The van der Waals surface area contributed by atoms with Crippen LogP contribution >= 0.6 is 0 Å². The summed E-state index contributed by atoms with van der Waals surface area (Å²) in [5, 5.41) is 0. The third-order valence-corrected chi connectivity index (χ3v) is 2.92. The second kappa shape index (κ2) is 5.04. The number of nitrogens with zero attached hydrogens (tertiary/aromatic N) is 3. The highest BCUT2D eigenvalue weighted by molar-refractivity contribution is 6.67. The maximum absolute atomic E-state index is 12.0. The molecule has 0 spiro atoms. The van der Waals surface area contributed by atoms with Gasteiger partial charge in [0, 0.05) is 5.56 Å². The average molecular weight is 273 g/mol. The van der Waals surface area contributed by atoms with Crippen molar-refractivity contribution in [3.63, 3.8) is 0 Å². The molecule has 0 bridgehead atoms. The lowest BCUT2D eigenvalue weighted by molar-refractivity contribution is -0.401. The summed E-state index contributed by atoms with van der Waals surface area (Å²) in [4.78, 5) is 40.1. The fourth-order valence-corrected chi connectivity index (χ4v) is 1.69. The minimum Gasteiger partial charge on any atom is -0.316 e. The summed E-state index contributed by atoms with van der Waals surface area (Å²) < 4.78 is 1.07. The zero-order chi connectivity index (χ0) is 14.9. The quantitative estimate of drug-likeness (QED) is 0.720. The molecule has 0 saturated carbocycles. The number of imide groups is 1.